The molecule has 2 N–H and O–H groups in total. The first-order chi connectivity index (χ1) is 10.8. The van der Waals surface area contributed by atoms with Crippen molar-refractivity contribution in [2.45, 2.75) is 19.5 Å². The smallest absolute Gasteiger partial charge is 0.125 e. The molecule has 0 radical (unpaired) electrons. The molecule has 5 heteroatoms. The summed E-state index contributed by atoms with van der Waals surface area (Å²) in [6.45, 7) is 1.67. The molecule has 0 saturated carbocycles. The second kappa shape index (κ2) is 6.58. The Morgan fingerprint density at radius 2 is 1.95 bits per heavy atom. The number of aromatic nitrogens is 2. The first kappa shape index (κ1) is 14.5. The summed E-state index contributed by atoms with van der Waals surface area (Å²) in [6, 6.07) is 14.3. The second-order valence-corrected chi connectivity index (χ2v) is 5.03. The summed E-state index contributed by atoms with van der Waals surface area (Å²) in [5.41, 5.74) is 7.29. The predicted molar refractivity (Wildman–Crippen MR) is 84.1 cm³/mol. The molecule has 0 aliphatic rings. The molecule has 0 spiro atoms. The van der Waals surface area contributed by atoms with Crippen LogP contribution < -0.4 is 10.5 Å². The van der Waals surface area contributed by atoms with Crippen LogP contribution in [0.1, 0.15) is 12.2 Å². The molecule has 4 nitrogen and oxygen atoms in total. The number of para-hydroxylation sites is 1. The maximum atomic E-state index is 13.3. The van der Waals surface area contributed by atoms with Gasteiger partial charge in [-0.1, -0.05) is 18.2 Å². The van der Waals surface area contributed by atoms with E-state index < -0.39 is 0 Å². The molecule has 3 aromatic rings. The standard InChI is InChI=1S/C17H18FN3O/c18-13-7-8-16-15(11-13)20-17(12-19)21(16)9-4-10-22-14-5-2-1-3-6-14/h1-3,5-8,11H,4,9-10,12,19H2. The topological polar surface area (TPSA) is 53.1 Å². The van der Waals surface area contributed by atoms with Crippen LogP contribution >= 0.6 is 0 Å². The normalized spacial score (nSPS) is 11.0. The minimum Gasteiger partial charge on any atom is -0.494 e. The number of aryl methyl sites for hydroxylation is 1. The third kappa shape index (κ3) is 3.09. The Morgan fingerprint density at radius 3 is 2.73 bits per heavy atom. The Morgan fingerprint density at radius 1 is 1.14 bits per heavy atom. The summed E-state index contributed by atoms with van der Waals surface area (Å²) < 4.78 is 21.0. The van der Waals surface area contributed by atoms with Crippen molar-refractivity contribution in [3.63, 3.8) is 0 Å². The number of ether oxygens (including phenoxy) is 1. The highest BCUT2D eigenvalue weighted by Crippen LogP contribution is 2.18. The average molecular weight is 299 g/mol. The molecule has 0 amide bonds. The van der Waals surface area contributed by atoms with Crippen LogP contribution in [0.3, 0.4) is 0 Å². The van der Waals surface area contributed by atoms with Crippen LogP contribution in [-0.4, -0.2) is 16.2 Å². The monoisotopic (exact) mass is 299 g/mol. The number of halogens is 1. The van der Waals surface area contributed by atoms with Crippen molar-refractivity contribution >= 4 is 11.0 Å². The van der Waals surface area contributed by atoms with Gasteiger partial charge in [-0.05, 0) is 30.7 Å². The number of imidazole rings is 1. The largest absolute Gasteiger partial charge is 0.494 e. The number of fused-ring (bicyclic) bond motifs is 1. The number of hydrogen-bond donors (Lipinski definition) is 1. The molecule has 0 fully saturated rings. The summed E-state index contributed by atoms with van der Waals surface area (Å²) in [6.07, 6.45) is 0.824. The summed E-state index contributed by atoms with van der Waals surface area (Å²) in [7, 11) is 0. The van der Waals surface area contributed by atoms with Gasteiger partial charge in [0.05, 0.1) is 24.2 Å². The highest BCUT2D eigenvalue weighted by molar-refractivity contribution is 5.76. The van der Waals surface area contributed by atoms with Crippen molar-refractivity contribution in [3.8, 4) is 5.75 Å². The summed E-state index contributed by atoms with van der Waals surface area (Å²) in [5.74, 6) is 1.34. The first-order valence-electron chi connectivity index (χ1n) is 7.30. The number of benzene rings is 2. The fourth-order valence-electron chi connectivity index (χ4n) is 2.49. The van der Waals surface area contributed by atoms with Crippen molar-refractivity contribution in [1.82, 2.24) is 9.55 Å². The summed E-state index contributed by atoms with van der Waals surface area (Å²) >= 11 is 0. The lowest BCUT2D eigenvalue weighted by Crippen LogP contribution is -2.10. The maximum absolute atomic E-state index is 13.3. The summed E-state index contributed by atoms with van der Waals surface area (Å²) in [5, 5.41) is 0. The minimum absolute atomic E-state index is 0.284. The van der Waals surface area contributed by atoms with E-state index in [-0.39, 0.29) is 5.82 Å². The van der Waals surface area contributed by atoms with Gasteiger partial charge in [0.1, 0.15) is 17.4 Å². The van der Waals surface area contributed by atoms with Gasteiger partial charge in [-0.2, -0.15) is 0 Å². The van der Waals surface area contributed by atoms with Crippen molar-refractivity contribution in [2.75, 3.05) is 6.61 Å². The number of hydrogen-bond acceptors (Lipinski definition) is 3. The molecule has 0 aliphatic heterocycles. The van der Waals surface area contributed by atoms with E-state index in [2.05, 4.69) is 4.98 Å². The molecule has 0 saturated heterocycles. The van der Waals surface area contributed by atoms with E-state index in [9.17, 15) is 4.39 Å². The number of rotatable bonds is 6. The van der Waals surface area contributed by atoms with Crippen molar-refractivity contribution in [2.24, 2.45) is 5.73 Å². The maximum Gasteiger partial charge on any atom is 0.125 e. The van der Waals surface area contributed by atoms with Gasteiger partial charge >= 0.3 is 0 Å². The fraction of sp³-hybridized carbons (Fsp3) is 0.235. The molecule has 0 atom stereocenters. The van der Waals surface area contributed by atoms with Gasteiger partial charge < -0.3 is 15.0 Å². The fourth-order valence-corrected chi connectivity index (χ4v) is 2.49. The molecule has 0 bridgehead atoms. The van der Waals surface area contributed by atoms with Gasteiger partial charge in [0.2, 0.25) is 0 Å². The van der Waals surface area contributed by atoms with Gasteiger partial charge in [0.15, 0.2) is 0 Å². The quantitative estimate of drug-likeness (QED) is 0.712. The highest BCUT2D eigenvalue weighted by atomic mass is 19.1. The third-order valence-corrected chi connectivity index (χ3v) is 3.51. The second-order valence-electron chi connectivity index (χ2n) is 5.03. The zero-order valence-electron chi connectivity index (χ0n) is 12.2. The lowest BCUT2D eigenvalue weighted by molar-refractivity contribution is 0.302. The van der Waals surface area contributed by atoms with E-state index in [1.165, 1.54) is 12.1 Å². The van der Waals surface area contributed by atoms with Crippen LogP contribution in [0.15, 0.2) is 48.5 Å². The molecular weight excluding hydrogens is 281 g/mol. The van der Waals surface area contributed by atoms with Gasteiger partial charge in [0.25, 0.3) is 0 Å². The van der Waals surface area contributed by atoms with Crippen molar-refractivity contribution in [3.05, 3.63) is 60.2 Å². The summed E-state index contributed by atoms with van der Waals surface area (Å²) in [4.78, 5) is 4.39. The van der Waals surface area contributed by atoms with Crippen molar-refractivity contribution < 1.29 is 9.13 Å². The molecule has 1 aromatic heterocycles. The minimum atomic E-state index is -0.284. The zero-order valence-corrected chi connectivity index (χ0v) is 12.2. The Bertz CT molecular complexity index is 755. The SMILES string of the molecule is NCc1nc2cc(F)ccc2n1CCCOc1ccccc1. The highest BCUT2D eigenvalue weighted by Gasteiger charge is 2.10. The van der Waals surface area contributed by atoms with Gasteiger partial charge in [0, 0.05) is 12.6 Å². The molecule has 0 aliphatic carbocycles. The molecule has 2 aromatic carbocycles. The molecular formula is C17H18FN3O. The van der Waals surface area contributed by atoms with Gasteiger partial charge in [-0.3, -0.25) is 0 Å². The Kier molecular flexibility index (Phi) is 4.34. The molecule has 1 heterocycles. The van der Waals surface area contributed by atoms with E-state index in [0.717, 1.165) is 30.1 Å². The van der Waals surface area contributed by atoms with Crippen LogP contribution in [0.25, 0.3) is 11.0 Å². The van der Waals surface area contributed by atoms with E-state index >= 15 is 0 Å². The van der Waals surface area contributed by atoms with Crippen LogP contribution in [-0.2, 0) is 13.1 Å². The molecule has 3 rings (SSSR count). The van der Waals surface area contributed by atoms with Crippen molar-refractivity contribution in [1.29, 1.82) is 0 Å². The lowest BCUT2D eigenvalue weighted by atomic mass is 10.3. The molecule has 114 valence electrons. The van der Waals surface area contributed by atoms with E-state index in [4.69, 9.17) is 10.5 Å². The number of nitrogens with two attached hydrogens (primary N) is 1. The molecule has 22 heavy (non-hydrogen) atoms. The van der Waals surface area contributed by atoms with E-state index in [0.29, 0.717) is 18.7 Å². The molecule has 0 unspecified atom stereocenters. The van der Waals surface area contributed by atoms with Crippen LogP contribution in [0.5, 0.6) is 5.75 Å². The van der Waals surface area contributed by atoms with E-state index in [1.807, 2.05) is 34.9 Å². The Labute approximate surface area is 128 Å². The zero-order chi connectivity index (χ0) is 15.4. The van der Waals surface area contributed by atoms with Crippen LogP contribution in [0.4, 0.5) is 4.39 Å². The number of nitrogens with zero attached hydrogens (tertiary/aromatic N) is 2. The van der Waals surface area contributed by atoms with Gasteiger partial charge in [-0.15, -0.1) is 0 Å². The first-order valence-corrected chi connectivity index (χ1v) is 7.30. The third-order valence-electron chi connectivity index (χ3n) is 3.51. The van der Waals surface area contributed by atoms with Gasteiger partial charge in [-0.25, -0.2) is 9.37 Å². The predicted octanol–water partition coefficient (Wildman–Crippen LogP) is 3.10. The Balaban J connectivity index is 1.68. The lowest BCUT2D eigenvalue weighted by Gasteiger charge is -2.09. The van der Waals surface area contributed by atoms with E-state index in [1.54, 1.807) is 6.07 Å². The van der Waals surface area contributed by atoms with Crippen LogP contribution in [0.2, 0.25) is 0 Å². The van der Waals surface area contributed by atoms with Crippen LogP contribution in [0, 0.1) is 5.82 Å². The Hall–Kier alpha value is -2.40. The average Bonchev–Trinajstić information content (AvgIpc) is 2.89.